The maximum absolute atomic E-state index is 14.3. The first-order valence-electron chi connectivity index (χ1n) is 14.1. The molecule has 4 rings (SSSR count). The van der Waals surface area contributed by atoms with Crippen LogP contribution < -0.4 is 14.6 Å². The summed E-state index contributed by atoms with van der Waals surface area (Å²) in [5.74, 6) is -1.03. The van der Waals surface area contributed by atoms with Gasteiger partial charge in [-0.3, -0.25) is 19.1 Å². The number of rotatable bonds is 10. The zero-order chi connectivity index (χ0) is 32.4. The van der Waals surface area contributed by atoms with Gasteiger partial charge in [-0.2, -0.15) is 0 Å². The number of anilines is 1. The molecule has 1 aliphatic heterocycles. The molecule has 1 aliphatic rings. The Morgan fingerprint density at radius 3 is 2.55 bits per heavy atom. The molecule has 44 heavy (non-hydrogen) atoms. The molecule has 1 unspecified atom stereocenters. The second-order valence-electron chi connectivity index (χ2n) is 9.95. The number of hydrogen-bond donors (Lipinski definition) is 0. The number of thioether (sulfide) groups is 1. The molecule has 1 aromatic heterocycles. The molecule has 0 spiro atoms. The fourth-order valence-electron chi connectivity index (χ4n) is 4.75. The molecule has 14 heteroatoms. The average molecular weight is 688 g/mol. The molecule has 9 nitrogen and oxygen atoms in total. The van der Waals surface area contributed by atoms with Gasteiger partial charge in [-0.1, -0.05) is 36.7 Å². The molecule has 3 aromatic rings. The monoisotopic (exact) mass is 686 g/mol. The van der Waals surface area contributed by atoms with E-state index in [1.54, 1.807) is 21.4 Å². The average Bonchev–Trinajstić information content (AvgIpc) is 3.33. The molecule has 1 atom stereocenters. The lowest BCUT2D eigenvalue weighted by Gasteiger charge is -2.31. The van der Waals surface area contributed by atoms with Gasteiger partial charge >= 0.3 is 10.8 Å². The number of nitrogens with zero attached hydrogens (tertiary/aromatic N) is 4. The Morgan fingerprint density at radius 2 is 1.91 bits per heavy atom. The predicted octanol–water partition coefficient (Wildman–Crippen LogP) is 5.96. The zero-order valence-electron chi connectivity index (χ0n) is 25.4. The molecule has 0 bridgehead atoms. The number of halogens is 3. The Balaban J connectivity index is 0.000000251. The number of amides is 1. The van der Waals surface area contributed by atoms with E-state index in [4.69, 9.17) is 27.9 Å². The van der Waals surface area contributed by atoms with Crippen molar-refractivity contribution in [1.82, 2.24) is 9.36 Å². The third-order valence-corrected chi connectivity index (χ3v) is 9.41. The fraction of sp³-hybridized carbons (Fsp3) is 0.467. The summed E-state index contributed by atoms with van der Waals surface area (Å²) in [6, 6.07) is 8.69. The van der Waals surface area contributed by atoms with Crippen LogP contribution in [-0.4, -0.2) is 59.7 Å². The summed E-state index contributed by atoms with van der Waals surface area (Å²) < 4.78 is 27.4. The minimum atomic E-state index is -0.580. The van der Waals surface area contributed by atoms with Crippen LogP contribution in [0, 0.1) is 12.7 Å². The van der Waals surface area contributed by atoms with Crippen LogP contribution in [0.3, 0.4) is 0 Å². The van der Waals surface area contributed by atoms with E-state index in [1.165, 1.54) is 13.2 Å². The van der Waals surface area contributed by atoms with E-state index in [0.29, 0.717) is 29.4 Å². The van der Waals surface area contributed by atoms with Crippen molar-refractivity contribution in [2.45, 2.75) is 64.1 Å². The number of aryl methyl sites for hydroxylation is 2. The second-order valence-corrected chi connectivity index (χ2v) is 12.6. The lowest BCUT2D eigenvalue weighted by molar-refractivity contribution is -0.137. The largest absolute Gasteiger partial charge is 0.468 e. The number of carbonyl (C=O) groups is 2. The van der Waals surface area contributed by atoms with Crippen molar-refractivity contribution in [2.24, 2.45) is 4.99 Å². The number of hydrogen-bond acceptors (Lipinski definition) is 8. The summed E-state index contributed by atoms with van der Waals surface area (Å²) in [5.41, 5.74) is 3.29. The SMILES string of the molecule is CCc1cccc(C)c1N(C(=O)CCl)C(C)COC.COC(=O)CSc1cc(N=c2sc(=O)n3n2CCCC3)c(F)cc1Cl. The Kier molecular flexibility index (Phi) is 14.0. The highest BCUT2D eigenvalue weighted by Gasteiger charge is 2.24. The standard InChI is InChI=1S/C15H15ClFN3O3S2.C15H22ClNO2/c1-23-13(21)8-24-12-7-11(10(17)6-9(12)16)18-14-19-4-2-3-5-20(19)15(22)25-14;1-5-13-8-6-7-11(2)15(13)17(14(18)9-16)12(3)10-19-4/h6-7H,2-5,8H2,1H3;6-8,12H,5,9-10H2,1-4H3. The quantitative estimate of drug-likeness (QED) is 0.148. The normalized spacial score (nSPS) is 13.5. The van der Waals surface area contributed by atoms with Crippen molar-refractivity contribution in [3.8, 4) is 0 Å². The maximum Gasteiger partial charge on any atom is 0.325 e. The summed E-state index contributed by atoms with van der Waals surface area (Å²) in [6.07, 6.45) is 2.77. The van der Waals surface area contributed by atoms with E-state index in [2.05, 4.69) is 22.7 Å². The molecule has 0 fully saturated rings. The molecule has 0 saturated heterocycles. The Bertz CT molecular complexity index is 1590. The van der Waals surface area contributed by atoms with Crippen molar-refractivity contribution >= 4 is 69.6 Å². The second kappa shape index (κ2) is 17.2. The lowest BCUT2D eigenvalue weighted by Crippen LogP contribution is -2.43. The van der Waals surface area contributed by atoms with Gasteiger partial charge in [-0.15, -0.1) is 23.4 Å². The zero-order valence-corrected chi connectivity index (χ0v) is 28.5. The van der Waals surface area contributed by atoms with Crippen molar-refractivity contribution in [2.75, 3.05) is 37.4 Å². The van der Waals surface area contributed by atoms with Gasteiger partial charge in [0.2, 0.25) is 10.7 Å². The van der Waals surface area contributed by atoms with Gasteiger partial charge in [-0.05, 0) is 67.7 Å². The topological polar surface area (TPSA) is 95.1 Å². The molecule has 2 heterocycles. The van der Waals surface area contributed by atoms with Crippen LogP contribution in [0.2, 0.25) is 5.02 Å². The van der Waals surface area contributed by atoms with E-state index in [1.807, 2.05) is 26.0 Å². The van der Waals surface area contributed by atoms with Crippen molar-refractivity contribution in [3.05, 3.63) is 66.8 Å². The third kappa shape index (κ3) is 8.97. The van der Waals surface area contributed by atoms with Crippen LogP contribution in [0.25, 0.3) is 0 Å². The van der Waals surface area contributed by atoms with Gasteiger partial charge in [0, 0.05) is 25.1 Å². The number of alkyl halides is 1. The van der Waals surface area contributed by atoms with Crippen LogP contribution in [0.1, 0.15) is 37.8 Å². The number of carbonyl (C=O) groups excluding carboxylic acids is 2. The fourth-order valence-corrected chi connectivity index (χ4v) is 6.87. The van der Waals surface area contributed by atoms with E-state index in [0.717, 1.165) is 65.2 Å². The first-order chi connectivity index (χ1) is 21.1. The highest BCUT2D eigenvalue weighted by Crippen LogP contribution is 2.33. The molecule has 0 saturated carbocycles. The molecule has 1 amide bonds. The molecular weight excluding hydrogens is 650 g/mol. The molecule has 2 aromatic carbocycles. The number of fused-ring (bicyclic) bond motifs is 1. The third-order valence-electron chi connectivity index (χ3n) is 6.86. The first kappa shape index (κ1) is 35.8. The summed E-state index contributed by atoms with van der Waals surface area (Å²) in [6.45, 7) is 7.88. The van der Waals surface area contributed by atoms with Crippen LogP contribution in [0.4, 0.5) is 15.8 Å². The van der Waals surface area contributed by atoms with Crippen LogP contribution >= 0.6 is 46.3 Å². The molecule has 0 N–H and O–H groups in total. The van der Waals surface area contributed by atoms with Crippen molar-refractivity contribution in [1.29, 1.82) is 0 Å². The van der Waals surface area contributed by atoms with Gasteiger partial charge in [0.25, 0.3) is 0 Å². The van der Waals surface area contributed by atoms with E-state index in [9.17, 15) is 18.8 Å². The molecule has 240 valence electrons. The number of aromatic nitrogens is 2. The van der Waals surface area contributed by atoms with Crippen LogP contribution in [0.5, 0.6) is 0 Å². The minimum absolute atomic E-state index is 0.0223. The maximum atomic E-state index is 14.3. The number of esters is 1. The minimum Gasteiger partial charge on any atom is -0.468 e. The highest BCUT2D eigenvalue weighted by molar-refractivity contribution is 8.00. The van der Waals surface area contributed by atoms with E-state index in [-0.39, 0.29) is 39.2 Å². The van der Waals surface area contributed by atoms with Gasteiger partial charge in [0.05, 0.1) is 36.2 Å². The Hall–Kier alpha value is -2.64. The molecular formula is C30H37Cl2FN4O5S2. The van der Waals surface area contributed by atoms with E-state index >= 15 is 0 Å². The summed E-state index contributed by atoms with van der Waals surface area (Å²) in [4.78, 5) is 42.5. The van der Waals surface area contributed by atoms with Gasteiger partial charge in [0.1, 0.15) is 17.4 Å². The van der Waals surface area contributed by atoms with Gasteiger partial charge in [-0.25, -0.2) is 14.1 Å². The summed E-state index contributed by atoms with van der Waals surface area (Å²) in [7, 11) is 2.93. The number of methoxy groups -OCH3 is 2. The van der Waals surface area contributed by atoms with Gasteiger partial charge in [0.15, 0.2) is 0 Å². The smallest absolute Gasteiger partial charge is 0.325 e. The van der Waals surface area contributed by atoms with Crippen LogP contribution in [-0.2, 0) is 38.6 Å². The first-order valence-corrected chi connectivity index (χ1v) is 16.8. The predicted molar refractivity (Wildman–Crippen MR) is 175 cm³/mol. The summed E-state index contributed by atoms with van der Waals surface area (Å²) in [5, 5.41) is 0.199. The molecule has 0 aliphatic carbocycles. The molecule has 0 radical (unpaired) electrons. The van der Waals surface area contributed by atoms with Gasteiger partial charge < -0.3 is 14.4 Å². The lowest BCUT2D eigenvalue weighted by atomic mass is 10.0. The number of para-hydroxylation sites is 1. The Labute approximate surface area is 274 Å². The van der Waals surface area contributed by atoms with Crippen LogP contribution in [0.15, 0.2) is 45.0 Å². The van der Waals surface area contributed by atoms with Crippen molar-refractivity contribution in [3.63, 3.8) is 0 Å². The summed E-state index contributed by atoms with van der Waals surface area (Å²) >= 11 is 13.9. The number of benzene rings is 2. The highest BCUT2D eigenvalue weighted by atomic mass is 35.5. The van der Waals surface area contributed by atoms with E-state index < -0.39 is 11.8 Å². The Morgan fingerprint density at radius 1 is 1.20 bits per heavy atom. The number of ether oxygens (including phenoxy) is 2. The van der Waals surface area contributed by atoms with Crippen molar-refractivity contribution < 1.29 is 23.5 Å².